The number of phenolic OH excluding ortho intramolecular Hbond substituents is 1. The summed E-state index contributed by atoms with van der Waals surface area (Å²) in [5.41, 5.74) is 3.15. The number of piperazine rings is 1. The molecule has 0 saturated carbocycles. The van der Waals surface area contributed by atoms with E-state index in [1.807, 2.05) is 31.2 Å². The number of carbonyl (C=O) groups is 2. The molecule has 2 aromatic rings. The summed E-state index contributed by atoms with van der Waals surface area (Å²) in [4.78, 5) is 32.3. The third kappa shape index (κ3) is 4.20. The van der Waals surface area contributed by atoms with E-state index in [0.717, 1.165) is 43.2 Å². The Morgan fingerprint density at radius 2 is 1.30 bits per heavy atom. The standard InChI is InChI=1S/C23H28N4O3/c1-2-21(28)17-26-15-16-27(23(26)30)20-5-3-18(4-6-20)24-11-13-25(14-12-24)19-7-9-22(29)10-8-19/h3-10,29H,2,11-17H2,1H3. The second kappa shape index (κ2) is 8.65. The van der Waals surface area contributed by atoms with E-state index in [-0.39, 0.29) is 24.1 Å². The smallest absolute Gasteiger partial charge is 0.325 e. The second-order valence-electron chi connectivity index (χ2n) is 7.75. The van der Waals surface area contributed by atoms with E-state index >= 15 is 0 Å². The summed E-state index contributed by atoms with van der Waals surface area (Å²) in [6.07, 6.45) is 0.457. The third-order valence-electron chi connectivity index (χ3n) is 5.88. The van der Waals surface area contributed by atoms with Crippen LogP contribution in [0.4, 0.5) is 21.9 Å². The molecule has 0 spiro atoms. The summed E-state index contributed by atoms with van der Waals surface area (Å²) in [5, 5.41) is 9.46. The Morgan fingerprint density at radius 1 is 0.800 bits per heavy atom. The zero-order valence-electron chi connectivity index (χ0n) is 17.3. The maximum Gasteiger partial charge on any atom is 0.325 e. The van der Waals surface area contributed by atoms with Crippen LogP contribution in [0, 0.1) is 0 Å². The Bertz CT molecular complexity index is 890. The number of nitrogens with zero attached hydrogens (tertiary/aromatic N) is 4. The lowest BCUT2D eigenvalue weighted by molar-refractivity contribution is -0.119. The topological polar surface area (TPSA) is 67.3 Å². The van der Waals surface area contributed by atoms with Crippen LogP contribution in [0.3, 0.4) is 0 Å². The normalized spacial score (nSPS) is 17.0. The number of urea groups is 1. The van der Waals surface area contributed by atoms with Gasteiger partial charge in [0.05, 0.1) is 6.54 Å². The molecule has 0 aromatic heterocycles. The van der Waals surface area contributed by atoms with Crippen LogP contribution in [0.2, 0.25) is 0 Å². The number of anilines is 3. The van der Waals surface area contributed by atoms with Crippen molar-refractivity contribution >= 4 is 28.9 Å². The summed E-state index contributed by atoms with van der Waals surface area (Å²) >= 11 is 0. The molecule has 0 radical (unpaired) electrons. The molecule has 7 nitrogen and oxygen atoms in total. The number of aromatic hydroxyl groups is 1. The number of phenols is 1. The predicted molar refractivity (Wildman–Crippen MR) is 119 cm³/mol. The van der Waals surface area contributed by atoms with Crippen LogP contribution in [-0.2, 0) is 4.79 Å². The summed E-state index contributed by atoms with van der Waals surface area (Å²) in [6, 6.07) is 15.4. The molecule has 4 rings (SSSR count). The van der Waals surface area contributed by atoms with E-state index in [9.17, 15) is 14.7 Å². The molecule has 2 aromatic carbocycles. The Kier molecular flexibility index (Phi) is 5.79. The second-order valence-corrected chi connectivity index (χ2v) is 7.75. The van der Waals surface area contributed by atoms with Crippen molar-refractivity contribution in [3.05, 3.63) is 48.5 Å². The van der Waals surface area contributed by atoms with E-state index < -0.39 is 0 Å². The molecule has 0 aliphatic carbocycles. The molecule has 2 aliphatic heterocycles. The lowest BCUT2D eigenvalue weighted by atomic mass is 10.2. The highest BCUT2D eigenvalue weighted by atomic mass is 16.3. The fourth-order valence-electron chi connectivity index (χ4n) is 4.02. The molecule has 2 aliphatic rings. The third-order valence-corrected chi connectivity index (χ3v) is 5.88. The molecule has 7 heteroatoms. The lowest BCUT2D eigenvalue weighted by Gasteiger charge is -2.37. The van der Waals surface area contributed by atoms with Gasteiger partial charge in [-0.25, -0.2) is 4.79 Å². The Labute approximate surface area is 177 Å². The quantitative estimate of drug-likeness (QED) is 0.796. The average molecular weight is 409 g/mol. The molecule has 0 atom stereocenters. The molecule has 0 unspecified atom stereocenters. The molecule has 2 saturated heterocycles. The highest BCUT2D eigenvalue weighted by Crippen LogP contribution is 2.26. The maximum absolute atomic E-state index is 12.6. The van der Waals surface area contributed by atoms with Crippen molar-refractivity contribution in [2.75, 3.05) is 60.5 Å². The van der Waals surface area contributed by atoms with Crippen molar-refractivity contribution in [3.63, 3.8) is 0 Å². The number of amides is 2. The first kappa shape index (κ1) is 20.1. The minimum atomic E-state index is -0.0907. The fourth-order valence-corrected chi connectivity index (χ4v) is 4.02. The molecule has 0 bridgehead atoms. The molecule has 2 heterocycles. The first-order chi connectivity index (χ1) is 14.5. The highest BCUT2D eigenvalue weighted by molar-refractivity contribution is 5.96. The number of Topliss-reactive ketones (excluding diaryl/α,β-unsaturated/α-hetero) is 1. The van der Waals surface area contributed by atoms with E-state index in [1.165, 1.54) is 0 Å². The van der Waals surface area contributed by atoms with Crippen molar-refractivity contribution in [3.8, 4) is 5.75 Å². The number of carbonyl (C=O) groups excluding carboxylic acids is 2. The van der Waals surface area contributed by atoms with Crippen LogP contribution in [0.15, 0.2) is 48.5 Å². The Hall–Kier alpha value is -3.22. The van der Waals surface area contributed by atoms with Crippen LogP contribution in [0.25, 0.3) is 0 Å². The summed E-state index contributed by atoms with van der Waals surface area (Å²) < 4.78 is 0. The predicted octanol–water partition coefficient (Wildman–Crippen LogP) is 2.94. The van der Waals surface area contributed by atoms with Crippen LogP contribution in [-0.4, -0.2) is 67.6 Å². The first-order valence-electron chi connectivity index (χ1n) is 10.5. The SMILES string of the molecule is CCC(=O)CN1CCN(c2ccc(N3CCN(c4ccc(O)cc4)CC3)cc2)C1=O. The maximum atomic E-state index is 12.6. The lowest BCUT2D eigenvalue weighted by Crippen LogP contribution is -2.46. The van der Waals surface area contributed by atoms with Gasteiger partial charge in [-0.2, -0.15) is 0 Å². The van der Waals surface area contributed by atoms with Gasteiger partial charge in [0.15, 0.2) is 5.78 Å². The molecular weight excluding hydrogens is 380 g/mol. The van der Waals surface area contributed by atoms with E-state index in [0.29, 0.717) is 19.5 Å². The minimum Gasteiger partial charge on any atom is -0.508 e. The van der Waals surface area contributed by atoms with Gasteiger partial charge in [0, 0.05) is 62.8 Å². The van der Waals surface area contributed by atoms with Crippen LogP contribution < -0.4 is 14.7 Å². The van der Waals surface area contributed by atoms with Gasteiger partial charge < -0.3 is 19.8 Å². The highest BCUT2D eigenvalue weighted by Gasteiger charge is 2.30. The van der Waals surface area contributed by atoms with Gasteiger partial charge >= 0.3 is 6.03 Å². The van der Waals surface area contributed by atoms with Gasteiger partial charge in [-0.15, -0.1) is 0 Å². The number of benzene rings is 2. The molecule has 158 valence electrons. The van der Waals surface area contributed by atoms with Crippen LogP contribution >= 0.6 is 0 Å². The number of ketones is 1. The number of hydrogen-bond acceptors (Lipinski definition) is 5. The van der Waals surface area contributed by atoms with Crippen molar-refractivity contribution in [2.45, 2.75) is 13.3 Å². The van der Waals surface area contributed by atoms with E-state index in [2.05, 4.69) is 21.9 Å². The Balaban J connectivity index is 1.35. The number of rotatable bonds is 6. The van der Waals surface area contributed by atoms with Gasteiger partial charge in [-0.05, 0) is 48.5 Å². The van der Waals surface area contributed by atoms with Crippen molar-refractivity contribution < 1.29 is 14.7 Å². The molecule has 2 amide bonds. The first-order valence-corrected chi connectivity index (χ1v) is 10.5. The minimum absolute atomic E-state index is 0.0898. The van der Waals surface area contributed by atoms with Gasteiger partial charge in [-0.1, -0.05) is 6.92 Å². The largest absolute Gasteiger partial charge is 0.508 e. The Morgan fingerprint density at radius 3 is 1.83 bits per heavy atom. The molecular formula is C23H28N4O3. The molecule has 30 heavy (non-hydrogen) atoms. The van der Waals surface area contributed by atoms with Gasteiger partial charge in [0.1, 0.15) is 5.75 Å². The average Bonchev–Trinajstić information content (AvgIpc) is 3.14. The van der Waals surface area contributed by atoms with Gasteiger partial charge in [0.2, 0.25) is 0 Å². The summed E-state index contributed by atoms with van der Waals surface area (Å²) in [7, 11) is 0. The van der Waals surface area contributed by atoms with E-state index in [4.69, 9.17) is 0 Å². The number of hydrogen-bond donors (Lipinski definition) is 1. The van der Waals surface area contributed by atoms with Crippen molar-refractivity contribution in [2.24, 2.45) is 0 Å². The van der Waals surface area contributed by atoms with Gasteiger partial charge in [-0.3, -0.25) is 9.69 Å². The zero-order chi connectivity index (χ0) is 21.1. The van der Waals surface area contributed by atoms with Gasteiger partial charge in [0.25, 0.3) is 0 Å². The fraction of sp³-hybridized carbons (Fsp3) is 0.391. The summed E-state index contributed by atoms with van der Waals surface area (Å²) in [5.74, 6) is 0.376. The van der Waals surface area contributed by atoms with E-state index in [1.54, 1.807) is 21.9 Å². The molecule has 2 fully saturated rings. The van der Waals surface area contributed by atoms with Crippen LogP contribution in [0.5, 0.6) is 5.75 Å². The monoisotopic (exact) mass is 408 g/mol. The zero-order valence-corrected chi connectivity index (χ0v) is 17.3. The molecule has 1 N–H and O–H groups in total. The van der Waals surface area contributed by atoms with Crippen LogP contribution in [0.1, 0.15) is 13.3 Å². The van der Waals surface area contributed by atoms with Crippen molar-refractivity contribution in [1.29, 1.82) is 0 Å². The van der Waals surface area contributed by atoms with Crippen molar-refractivity contribution in [1.82, 2.24) is 4.90 Å². The summed E-state index contributed by atoms with van der Waals surface area (Å²) in [6.45, 7) is 6.88.